The summed E-state index contributed by atoms with van der Waals surface area (Å²) >= 11 is 0. The van der Waals surface area contributed by atoms with Crippen LogP contribution in [0.15, 0.2) is 54.6 Å². The lowest BCUT2D eigenvalue weighted by molar-refractivity contribution is -0.124. The molecular formula is C19H22N2O2. The van der Waals surface area contributed by atoms with Crippen molar-refractivity contribution in [2.24, 2.45) is 5.92 Å². The number of hydrogen-bond acceptors (Lipinski definition) is 3. The molecule has 1 aliphatic rings. The fourth-order valence-corrected chi connectivity index (χ4v) is 2.73. The topological polar surface area (TPSA) is 50.4 Å². The average Bonchev–Trinajstić information content (AvgIpc) is 3.14. The van der Waals surface area contributed by atoms with E-state index >= 15 is 0 Å². The number of para-hydroxylation sites is 1. The molecular weight excluding hydrogens is 288 g/mol. The van der Waals surface area contributed by atoms with Crippen LogP contribution < -0.4 is 15.4 Å². The first kappa shape index (κ1) is 15.6. The monoisotopic (exact) mass is 310 g/mol. The van der Waals surface area contributed by atoms with Gasteiger partial charge in [-0.2, -0.15) is 0 Å². The number of carbonyl (C=O) groups is 1. The van der Waals surface area contributed by atoms with Crippen LogP contribution in [-0.4, -0.2) is 19.0 Å². The zero-order chi connectivity index (χ0) is 15.9. The zero-order valence-corrected chi connectivity index (χ0v) is 13.1. The van der Waals surface area contributed by atoms with Crippen molar-refractivity contribution < 1.29 is 9.53 Å². The summed E-state index contributed by atoms with van der Waals surface area (Å²) < 4.78 is 5.92. The highest BCUT2D eigenvalue weighted by Gasteiger charge is 2.22. The van der Waals surface area contributed by atoms with E-state index in [1.807, 2.05) is 54.6 Å². The molecule has 23 heavy (non-hydrogen) atoms. The van der Waals surface area contributed by atoms with Gasteiger partial charge in [-0.1, -0.05) is 48.5 Å². The van der Waals surface area contributed by atoms with Crippen molar-refractivity contribution >= 4 is 5.91 Å². The third-order valence-electron chi connectivity index (χ3n) is 4.09. The van der Waals surface area contributed by atoms with E-state index in [1.54, 1.807) is 0 Å². The molecule has 0 aliphatic carbocycles. The third kappa shape index (κ3) is 4.33. The number of hydrogen-bond donors (Lipinski definition) is 2. The summed E-state index contributed by atoms with van der Waals surface area (Å²) in [6.45, 7) is 2.73. The Kier molecular flexibility index (Phi) is 5.27. The molecule has 0 saturated carbocycles. The molecule has 0 spiro atoms. The lowest BCUT2D eigenvalue weighted by Crippen LogP contribution is -2.31. The highest BCUT2D eigenvalue weighted by molar-refractivity contribution is 5.79. The van der Waals surface area contributed by atoms with Crippen molar-refractivity contribution in [3.63, 3.8) is 0 Å². The zero-order valence-electron chi connectivity index (χ0n) is 13.1. The molecule has 4 heteroatoms. The number of amides is 1. The normalized spacial score (nSPS) is 17.0. The molecule has 0 radical (unpaired) electrons. The van der Waals surface area contributed by atoms with Gasteiger partial charge in [-0.05, 0) is 24.6 Å². The van der Waals surface area contributed by atoms with Gasteiger partial charge in [-0.3, -0.25) is 4.79 Å². The van der Waals surface area contributed by atoms with Crippen molar-refractivity contribution in [2.45, 2.75) is 19.6 Å². The highest BCUT2D eigenvalue weighted by Crippen LogP contribution is 2.19. The smallest absolute Gasteiger partial charge is 0.224 e. The number of nitrogens with one attached hydrogen (secondary N) is 2. The van der Waals surface area contributed by atoms with E-state index in [-0.39, 0.29) is 11.8 Å². The summed E-state index contributed by atoms with van der Waals surface area (Å²) in [5.41, 5.74) is 2.13. The Bertz CT molecular complexity index is 637. The van der Waals surface area contributed by atoms with Crippen LogP contribution in [-0.2, 0) is 17.9 Å². The first-order valence-electron chi connectivity index (χ1n) is 8.06. The van der Waals surface area contributed by atoms with Gasteiger partial charge in [-0.15, -0.1) is 0 Å². The molecule has 1 aliphatic heterocycles. The van der Waals surface area contributed by atoms with Crippen LogP contribution in [0.1, 0.15) is 17.5 Å². The van der Waals surface area contributed by atoms with Gasteiger partial charge in [0.15, 0.2) is 0 Å². The van der Waals surface area contributed by atoms with Crippen molar-refractivity contribution in [1.82, 2.24) is 10.6 Å². The highest BCUT2D eigenvalue weighted by atomic mass is 16.5. The second-order valence-corrected chi connectivity index (χ2v) is 5.79. The first-order chi connectivity index (χ1) is 11.3. The Labute approximate surface area is 136 Å². The fraction of sp³-hybridized carbons (Fsp3) is 0.316. The second kappa shape index (κ2) is 7.79. The lowest BCUT2D eigenvalue weighted by atomic mass is 10.1. The maximum atomic E-state index is 12.1. The fourth-order valence-electron chi connectivity index (χ4n) is 2.73. The predicted octanol–water partition coefficient (Wildman–Crippen LogP) is 2.49. The number of benzene rings is 2. The van der Waals surface area contributed by atoms with Gasteiger partial charge in [0.25, 0.3) is 0 Å². The minimum absolute atomic E-state index is 0.0902. The van der Waals surface area contributed by atoms with Crippen molar-refractivity contribution in [2.75, 3.05) is 13.1 Å². The molecule has 2 N–H and O–H groups in total. The number of ether oxygens (including phenoxy) is 1. The van der Waals surface area contributed by atoms with E-state index in [9.17, 15) is 4.79 Å². The first-order valence-corrected chi connectivity index (χ1v) is 8.06. The van der Waals surface area contributed by atoms with Crippen LogP contribution in [0.3, 0.4) is 0 Å². The van der Waals surface area contributed by atoms with Crippen LogP contribution in [0.25, 0.3) is 0 Å². The Hall–Kier alpha value is -2.33. The molecule has 1 saturated heterocycles. The SMILES string of the molecule is O=C(NCc1ccccc1OCc1ccccc1)C1CCNC1. The van der Waals surface area contributed by atoms with Gasteiger partial charge >= 0.3 is 0 Å². The standard InChI is InChI=1S/C19H22N2O2/c22-19(17-10-11-20-12-17)21-13-16-8-4-5-9-18(16)23-14-15-6-2-1-3-7-15/h1-9,17,20H,10-14H2,(H,21,22). The molecule has 0 aromatic heterocycles. The van der Waals surface area contributed by atoms with E-state index < -0.39 is 0 Å². The Balaban J connectivity index is 1.58. The number of carbonyl (C=O) groups excluding carboxylic acids is 1. The van der Waals surface area contributed by atoms with Crippen molar-refractivity contribution in [1.29, 1.82) is 0 Å². The summed E-state index contributed by atoms with van der Waals surface area (Å²) in [5.74, 6) is 1.03. The maximum absolute atomic E-state index is 12.1. The van der Waals surface area contributed by atoms with Crippen LogP contribution >= 0.6 is 0 Å². The van der Waals surface area contributed by atoms with Gasteiger partial charge in [-0.25, -0.2) is 0 Å². The van der Waals surface area contributed by atoms with Crippen LogP contribution in [0.5, 0.6) is 5.75 Å². The van der Waals surface area contributed by atoms with E-state index in [1.165, 1.54) is 0 Å². The van der Waals surface area contributed by atoms with Crippen LogP contribution in [0, 0.1) is 5.92 Å². The molecule has 1 amide bonds. The molecule has 0 bridgehead atoms. The molecule has 1 unspecified atom stereocenters. The van der Waals surface area contributed by atoms with Gasteiger partial charge < -0.3 is 15.4 Å². The predicted molar refractivity (Wildman–Crippen MR) is 90.0 cm³/mol. The Morgan fingerprint density at radius 3 is 2.70 bits per heavy atom. The van der Waals surface area contributed by atoms with Crippen molar-refractivity contribution in [3.8, 4) is 5.75 Å². The average molecular weight is 310 g/mol. The summed E-state index contributed by atoms with van der Waals surface area (Å²) in [6.07, 6.45) is 0.915. The van der Waals surface area contributed by atoms with Crippen molar-refractivity contribution in [3.05, 3.63) is 65.7 Å². The van der Waals surface area contributed by atoms with E-state index in [0.29, 0.717) is 13.2 Å². The van der Waals surface area contributed by atoms with Crippen LogP contribution in [0.2, 0.25) is 0 Å². The second-order valence-electron chi connectivity index (χ2n) is 5.79. The molecule has 1 fully saturated rings. The quantitative estimate of drug-likeness (QED) is 0.862. The molecule has 1 heterocycles. The molecule has 4 nitrogen and oxygen atoms in total. The molecule has 2 aromatic rings. The molecule has 1 atom stereocenters. The summed E-state index contributed by atoms with van der Waals surface area (Å²) in [5, 5.41) is 6.24. The minimum atomic E-state index is 0.0902. The van der Waals surface area contributed by atoms with E-state index in [2.05, 4.69) is 10.6 Å². The molecule has 3 rings (SSSR count). The van der Waals surface area contributed by atoms with Gasteiger partial charge in [0.1, 0.15) is 12.4 Å². The van der Waals surface area contributed by atoms with E-state index in [4.69, 9.17) is 4.74 Å². The Morgan fingerprint density at radius 1 is 1.13 bits per heavy atom. The third-order valence-corrected chi connectivity index (χ3v) is 4.09. The van der Waals surface area contributed by atoms with Crippen LogP contribution in [0.4, 0.5) is 0 Å². The molecule has 2 aromatic carbocycles. The summed E-state index contributed by atoms with van der Waals surface area (Å²) in [7, 11) is 0. The minimum Gasteiger partial charge on any atom is -0.489 e. The number of rotatable bonds is 6. The van der Waals surface area contributed by atoms with Gasteiger partial charge in [0, 0.05) is 18.7 Å². The lowest BCUT2D eigenvalue weighted by Gasteiger charge is -2.14. The molecule has 120 valence electrons. The maximum Gasteiger partial charge on any atom is 0.224 e. The Morgan fingerprint density at radius 2 is 1.91 bits per heavy atom. The summed E-state index contributed by atoms with van der Waals surface area (Å²) in [4.78, 5) is 12.1. The van der Waals surface area contributed by atoms with Gasteiger partial charge in [0.2, 0.25) is 5.91 Å². The largest absolute Gasteiger partial charge is 0.489 e. The summed E-state index contributed by atoms with van der Waals surface area (Å²) in [6, 6.07) is 17.9. The van der Waals surface area contributed by atoms with E-state index in [0.717, 1.165) is 36.4 Å². The van der Waals surface area contributed by atoms with Gasteiger partial charge in [0.05, 0.1) is 5.92 Å².